The molecule has 0 fully saturated rings. The molecule has 0 radical (unpaired) electrons. The van der Waals surface area contributed by atoms with Gasteiger partial charge in [-0.25, -0.2) is 0 Å². The molecule has 102 valence electrons. The van der Waals surface area contributed by atoms with Crippen molar-refractivity contribution in [1.29, 1.82) is 0 Å². The number of hydrogen-bond donors (Lipinski definition) is 0. The first kappa shape index (κ1) is 14.3. The van der Waals surface area contributed by atoms with Crippen LogP contribution in [0.25, 0.3) is 0 Å². The normalized spacial score (nSPS) is 14.3. The van der Waals surface area contributed by atoms with E-state index in [0.717, 1.165) is 18.7 Å². The molecule has 1 aromatic carbocycles. The van der Waals surface area contributed by atoms with E-state index < -0.39 is 0 Å². The van der Waals surface area contributed by atoms with Gasteiger partial charge >= 0.3 is 0 Å². The topological polar surface area (TPSA) is 17.8 Å². The summed E-state index contributed by atoms with van der Waals surface area (Å²) < 4.78 is 2.11. The summed E-state index contributed by atoms with van der Waals surface area (Å²) in [6.45, 7) is 7.43. The van der Waals surface area contributed by atoms with E-state index in [2.05, 4.69) is 82.9 Å². The maximum absolute atomic E-state index is 4.52. The molecule has 2 atom stereocenters. The van der Waals surface area contributed by atoms with Crippen LogP contribution in [-0.2, 0) is 13.0 Å². The summed E-state index contributed by atoms with van der Waals surface area (Å²) in [7, 11) is 0. The van der Waals surface area contributed by atoms with E-state index in [-0.39, 0.29) is 0 Å². The Bertz CT molecular complexity index is 519. The highest BCUT2D eigenvalue weighted by atomic mass is 79.9. The first-order valence-electron chi connectivity index (χ1n) is 6.84. The maximum Gasteiger partial charge on any atom is 0.0596 e. The first-order valence-corrected chi connectivity index (χ1v) is 7.75. The van der Waals surface area contributed by atoms with Crippen molar-refractivity contribution in [2.24, 2.45) is 5.92 Å². The van der Waals surface area contributed by atoms with Gasteiger partial charge in [-0.1, -0.05) is 53.2 Å². The van der Waals surface area contributed by atoms with Gasteiger partial charge in [0.15, 0.2) is 0 Å². The monoisotopic (exact) mass is 320 g/mol. The van der Waals surface area contributed by atoms with E-state index in [4.69, 9.17) is 0 Å². The third-order valence-electron chi connectivity index (χ3n) is 3.43. The Morgan fingerprint density at radius 2 is 1.95 bits per heavy atom. The van der Waals surface area contributed by atoms with Crippen molar-refractivity contribution in [1.82, 2.24) is 9.78 Å². The molecule has 0 N–H and O–H groups in total. The highest BCUT2D eigenvalue weighted by molar-refractivity contribution is 9.09. The molecule has 2 nitrogen and oxygen atoms in total. The fraction of sp³-hybridized carbons (Fsp3) is 0.438. The lowest BCUT2D eigenvalue weighted by molar-refractivity contribution is 0.524. The van der Waals surface area contributed by atoms with Crippen molar-refractivity contribution in [2.45, 2.75) is 38.6 Å². The lowest BCUT2D eigenvalue weighted by atomic mass is 9.96. The van der Waals surface area contributed by atoms with Crippen LogP contribution in [0.5, 0.6) is 0 Å². The van der Waals surface area contributed by atoms with Gasteiger partial charge in [0.25, 0.3) is 0 Å². The quantitative estimate of drug-likeness (QED) is 0.740. The summed E-state index contributed by atoms with van der Waals surface area (Å²) in [5.74, 6) is 0.531. The SMILES string of the molecule is CCn1nc(C)cc1CC(C)C(Br)c1ccccc1. The summed E-state index contributed by atoms with van der Waals surface area (Å²) in [6, 6.07) is 12.8. The lowest BCUT2D eigenvalue weighted by Crippen LogP contribution is -2.11. The molecule has 3 heteroatoms. The minimum Gasteiger partial charge on any atom is -0.270 e. The van der Waals surface area contributed by atoms with Crippen LogP contribution in [0.3, 0.4) is 0 Å². The molecule has 0 saturated heterocycles. The van der Waals surface area contributed by atoms with Crippen molar-refractivity contribution in [3.63, 3.8) is 0 Å². The number of halogens is 1. The largest absolute Gasteiger partial charge is 0.270 e. The smallest absolute Gasteiger partial charge is 0.0596 e. The molecule has 2 aromatic rings. The van der Waals surface area contributed by atoms with E-state index in [1.807, 2.05) is 0 Å². The minimum atomic E-state index is 0.384. The molecule has 1 heterocycles. The molecule has 0 saturated carbocycles. The number of aryl methyl sites for hydroxylation is 2. The summed E-state index contributed by atoms with van der Waals surface area (Å²) >= 11 is 3.83. The van der Waals surface area contributed by atoms with Crippen LogP contribution in [0.15, 0.2) is 36.4 Å². The number of rotatable bonds is 5. The Labute approximate surface area is 124 Å². The van der Waals surface area contributed by atoms with E-state index >= 15 is 0 Å². The number of aromatic nitrogens is 2. The molecular formula is C16H21BrN2. The van der Waals surface area contributed by atoms with Gasteiger partial charge in [0.2, 0.25) is 0 Å². The van der Waals surface area contributed by atoms with Gasteiger partial charge in [0.1, 0.15) is 0 Å². The summed E-state index contributed by atoms with van der Waals surface area (Å²) in [5, 5.41) is 4.52. The highest BCUT2D eigenvalue weighted by Crippen LogP contribution is 2.32. The standard InChI is InChI=1S/C16H21BrN2/c1-4-19-15(11-13(3)18-19)10-12(2)16(17)14-8-6-5-7-9-14/h5-9,11-12,16H,4,10H2,1-3H3. The third kappa shape index (κ3) is 3.47. The van der Waals surface area contributed by atoms with E-state index in [0.29, 0.717) is 10.7 Å². The van der Waals surface area contributed by atoms with Crippen molar-refractivity contribution in [3.05, 3.63) is 53.3 Å². The molecule has 0 spiro atoms. The zero-order valence-corrected chi connectivity index (χ0v) is 13.4. The van der Waals surface area contributed by atoms with E-state index in [1.165, 1.54) is 11.3 Å². The third-order valence-corrected chi connectivity index (χ3v) is 4.86. The second-order valence-electron chi connectivity index (χ2n) is 5.09. The lowest BCUT2D eigenvalue weighted by Gasteiger charge is -2.19. The maximum atomic E-state index is 4.52. The van der Waals surface area contributed by atoms with Crippen molar-refractivity contribution < 1.29 is 0 Å². The van der Waals surface area contributed by atoms with Gasteiger partial charge in [-0.15, -0.1) is 0 Å². The Balaban J connectivity index is 2.10. The molecule has 0 aliphatic heterocycles. The predicted octanol–water partition coefficient (Wildman–Crippen LogP) is 4.53. The van der Waals surface area contributed by atoms with Gasteiger partial charge in [-0.2, -0.15) is 5.10 Å². The van der Waals surface area contributed by atoms with Gasteiger partial charge in [-0.05, 0) is 37.8 Å². The Hall–Kier alpha value is -1.09. The van der Waals surface area contributed by atoms with Crippen LogP contribution in [-0.4, -0.2) is 9.78 Å². The molecule has 19 heavy (non-hydrogen) atoms. The average molecular weight is 321 g/mol. The summed E-state index contributed by atoms with van der Waals surface area (Å²) in [5.41, 5.74) is 3.78. The minimum absolute atomic E-state index is 0.384. The van der Waals surface area contributed by atoms with Crippen LogP contribution in [0.2, 0.25) is 0 Å². The van der Waals surface area contributed by atoms with E-state index in [9.17, 15) is 0 Å². The number of hydrogen-bond acceptors (Lipinski definition) is 1. The Morgan fingerprint density at radius 1 is 1.26 bits per heavy atom. The predicted molar refractivity (Wildman–Crippen MR) is 83.6 cm³/mol. The molecule has 0 aliphatic carbocycles. The zero-order chi connectivity index (χ0) is 13.8. The van der Waals surface area contributed by atoms with Crippen molar-refractivity contribution in [3.8, 4) is 0 Å². The second-order valence-corrected chi connectivity index (χ2v) is 6.07. The van der Waals surface area contributed by atoms with Crippen LogP contribution in [0.1, 0.15) is 35.6 Å². The molecule has 2 rings (SSSR count). The fourth-order valence-corrected chi connectivity index (χ4v) is 2.93. The van der Waals surface area contributed by atoms with Crippen LogP contribution >= 0.6 is 15.9 Å². The fourth-order valence-electron chi connectivity index (χ4n) is 2.44. The first-order chi connectivity index (χ1) is 9.11. The Kier molecular flexibility index (Phi) is 4.81. The molecule has 0 amide bonds. The average Bonchev–Trinajstić information content (AvgIpc) is 2.78. The number of nitrogens with zero attached hydrogens (tertiary/aromatic N) is 2. The molecule has 0 aliphatic rings. The molecule has 0 bridgehead atoms. The summed E-state index contributed by atoms with van der Waals surface area (Å²) in [6.07, 6.45) is 1.04. The number of benzene rings is 1. The molecular weight excluding hydrogens is 300 g/mol. The summed E-state index contributed by atoms with van der Waals surface area (Å²) in [4.78, 5) is 0.384. The second kappa shape index (κ2) is 6.38. The van der Waals surface area contributed by atoms with Crippen molar-refractivity contribution >= 4 is 15.9 Å². The van der Waals surface area contributed by atoms with Gasteiger partial charge in [0.05, 0.1) is 5.69 Å². The molecule has 1 aromatic heterocycles. The van der Waals surface area contributed by atoms with Crippen LogP contribution in [0, 0.1) is 12.8 Å². The van der Waals surface area contributed by atoms with Crippen LogP contribution in [0.4, 0.5) is 0 Å². The van der Waals surface area contributed by atoms with Gasteiger partial charge in [0, 0.05) is 17.1 Å². The highest BCUT2D eigenvalue weighted by Gasteiger charge is 2.18. The number of alkyl halides is 1. The van der Waals surface area contributed by atoms with Crippen LogP contribution < -0.4 is 0 Å². The van der Waals surface area contributed by atoms with Gasteiger partial charge in [-0.3, -0.25) is 4.68 Å². The van der Waals surface area contributed by atoms with E-state index in [1.54, 1.807) is 0 Å². The van der Waals surface area contributed by atoms with Crippen molar-refractivity contribution in [2.75, 3.05) is 0 Å². The van der Waals surface area contributed by atoms with Gasteiger partial charge < -0.3 is 0 Å². The zero-order valence-electron chi connectivity index (χ0n) is 11.8. The molecule has 2 unspecified atom stereocenters. The Morgan fingerprint density at radius 3 is 2.58 bits per heavy atom.